The Kier molecular flexibility index (Phi) is 5.50. The van der Waals surface area contributed by atoms with Gasteiger partial charge in [-0.3, -0.25) is 9.59 Å². The summed E-state index contributed by atoms with van der Waals surface area (Å²) in [4.78, 5) is 26.1. The molecule has 4 nitrogen and oxygen atoms in total. The van der Waals surface area contributed by atoms with Gasteiger partial charge in [-0.1, -0.05) is 48.5 Å². The van der Waals surface area contributed by atoms with E-state index >= 15 is 0 Å². The van der Waals surface area contributed by atoms with Gasteiger partial charge in [-0.15, -0.1) is 0 Å². The van der Waals surface area contributed by atoms with Crippen LogP contribution in [0.1, 0.15) is 106 Å². The zero-order valence-corrected chi connectivity index (χ0v) is 23.1. The van der Waals surface area contributed by atoms with Crippen LogP contribution >= 0.6 is 0 Å². The molecule has 0 heterocycles. The highest BCUT2D eigenvalue weighted by atomic mass is 16.4. The first-order valence-corrected chi connectivity index (χ1v) is 14.3. The fraction of sp³-hybridized carbons (Fsp3) is 0.871. The predicted octanol–water partition coefficient (Wildman–Crippen LogP) is 7.43. The maximum atomic E-state index is 13.2. The van der Waals surface area contributed by atoms with Crippen molar-refractivity contribution < 1.29 is 19.8 Å². The molecular formula is C31H48O4. The van der Waals surface area contributed by atoms with Gasteiger partial charge < -0.3 is 10.2 Å². The van der Waals surface area contributed by atoms with Crippen molar-refractivity contribution >= 4 is 11.8 Å². The number of aliphatic carboxylic acids is 1. The van der Waals surface area contributed by atoms with Crippen molar-refractivity contribution in [2.45, 2.75) is 106 Å². The van der Waals surface area contributed by atoms with Gasteiger partial charge in [0.2, 0.25) is 0 Å². The molecule has 5 fully saturated rings. The van der Waals surface area contributed by atoms with E-state index in [2.05, 4.69) is 48.5 Å². The number of carbonyl (C=O) groups excluding carboxylic acids is 1. The van der Waals surface area contributed by atoms with Gasteiger partial charge in [-0.25, -0.2) is 0 Å². The summed E-state index contributed by atoms with van der Waals surface area (Å²) >= 11 is 0. The molecule has 0 aliphatic heterocycles. The molecule has 0 saturated heterocycles. The second-order valence-corrected chi connectivity index (χ2v) is 15.0. The van der Waals surface area contributed by atoms with Crippen molar-refractivity contribution in [1.82, 2.24) is 0 Å². The van der Waals surface area contributed by atoms with Gasteiger partial charge in [0.15, 0.2) is 5.78 Å². The maximum absolute atomic E-state index is 13.2. The Labute approximate surface area is 212 Å². The number of ketones is 1. The summed E-state index contributed by atoms with van der Waals surface area (Å²) in [5.41, 5.74) is -0.182. The van der Waals surface area contributed by atoms with Gasteiger partial charge in [-0.2, -0.15) is 0 Å². The van der Waals surface area contributed by atoms with E-state index in [4.69, 9.17) is 0 Å². The van der Waals surface area contributed by atoms with Crippen LogP contribution in [0.5, 0.6) is 0 Å². The lowest BCUT2D eigenvalue weighted by atomic mass is 9.32. The molecule has 0 bridgehead atoms. The summed E-state index contributed by atoms with van der Waals surface area (Å²) in [6, 6.07) is 0. The number of hydrogen-bond donors (Lipinski definition) is 2. The van der Waals surface area contributed by atoms with E-state index in [1.807, 2.05) is 0 Å². The molecular weight excluding hydrogens is 436 g/mol. The van der Waals surface area contributed by atoms with E-state index in [1.165, 1.54) is 0 Å². The third-order valence-electron chi connectivity index (χ3n) is 13.5. The van der Waals surface area contributed by atoms with Gasteiger partial charge >= 0.3 is 5.97 Å². The number of carboxylic acids is 1. The van der Waals surface area contributed by atoms with Crippen LogP contribution in [0.2, 0.25) is 0 Å². The molecule has 0 aromatic heterocycles. The second-order valence-electron chi connectivity index (χ2n) is 15.0. The molecule has 5 aliphatic carbocycles. The molecule has 5 rings (SSSR count). The van der Waals surface area contributed by atoms with E-state index in [0.717, 1.165) is 57.6 Å². The maximum Gasteiger partial charge on any atom is 0.309 e. The van der Waals surface area contributed by atoms with Crippen LogP contribution in [-0.2, 0) is 9.59 Å². The van der Waals surface area contributed by atoms with Crippen molar-refractivity contribution in [3.05, 3.63) is 11.8 Å². The Morgan fingerprint density at radius 2 is 1.60 bits per heavy atom. The molecule has 0 aromatic rings. The lowest BCUT2D eigenvalue weighted by Crippen LogP contribution is -2.67. The highest BCUT2D eigenvalue weighted by Gasteiger charge is 2.72. The highest BCUT2D eigenvalue weighted by molar-refractivity contribution is 6.00. The Hall–Kier alpha value is -1.32. The third-order valence-corrected chi connectivity index (χ3v) is 13.5. The standard InChI is InChI=1S/C31H48O4/c1-18(2)20-10-13-31(26(34)35)15-14-29(6)21(24(20)31)8-9-23-28(5)16-19(17-32)25(33)27(3,4)22(28)11-12-30(23,29)7/h17-18,20-24,32H,8-16H2,1-7H3,(H,34,35)/b19-17+/t20-,21+,22-,23+,24+,28-,29+,30+,31-/m0/s1. The number of allylic oxidation sites excluding steroid dienone is 1. The Morgan fingerprint density at radius 3 is 2.20 bits per heavy atom. The fourth-order valence-corrected chi connectivity index (χ4v) is 11.7. The van der Waals surface area contributed by atoms with Crippen molar-refractivity contribution in [3.63, 3.8) is 0 Å². The van der Waals surface area contributed by atoms with Crippen LogP contribution in [0.25, 0.3) is 0 Å². The van der Waals surface area contributed by atoms with Crippen LogP contribution in [0.3, 0.4) is 0 Å². The summed E-state index contributed by atoms with van der Waals surface area (Å²) in [5.74, 6) is 2.13. The van der Waals surface area contributed by atoms with E-state index in [0.29, 0.717) is 41.6 Å². The average molecular weight is 485 g/mol. The quantitative estimate of drug-likeness (QED) is 0.316. The number of carbonyl (C=O) groups is 2. The predicted molar refractivity (Wildman–Crippen MR) is 138 cm³/mol. The van der Waals surface area contributed by atoms with Gasteiger partial charge in [0.05, 0.1) is 11.7 Å². The van der Waals surface area contributed by atoms with Gasteiger partial charge in [0, 0.05) is 11.0 Å². The summed E-state index contributed by atoms with van der Waals surface area (Å²) in [7, 11) is 0. The van der Waals surface area contributed by atoms with Gasteiger partial charge in [0.1, 0.15) is 0 Å². The summed E-state index contributed by atoms with van der Waals surface area (Å²) in [6.07, 6.45) is 9.89. The van der Waals surface area contributed by atoms with E-state index in [-0.39, 0.29) is 27.9 Å². The minimum absolute atomic E-state index is 0.0264. The van der Waals surface area contributed by atoms with Crippen molar-refractivity contribution in [2.24, 2.45) is 62.6 Å². The SMILES string of the molecule is CC(C)[C@@H]1CC[C@]2(C(=O)O)CC[C@]3(C)[C@H](CC[C@@H]4[C@@]5(C)C/C(=C\O)C(=O)C(C)(C)[C@@H]5CC[C@]43C)[C@@H]12. The molecule has 35 heavy (non-hydrogen) atoms. The molecule has 0 radical (unpaired) electrons. The zero-order chi connectivity index (χ0) is 25.8. The van der Waals surface area contributed by atoms with Crippen LogP contribution < -0.4 is 0 Å². The normalized spacial score (nSPS) is 51.9. The third kappa shape index (κ3) is 2.92. The zero-order valence-electron chi connectivity index (χ0n) is 23.1. The molecule has 5 saturated carbocycles. The molecule has 4 heteroatoms. The van der Waals surface area contributed by atoms with Gasteiger partial charge in [-0.05, 0) is 110 Å². The molecule has 9 atom stereocenters. The van der Waals surface area contributed by atoms with Crippen LogP contribution in [0.15, 0.2) is 11.8 Å². The van der Waals surface area contributed by atoms with Gasteiger partial charge in [0.25, 0.3) is 0 Å². The van der Waals surface area contributed by atoms with Crippen molar-refractivity contribution in [2.75, 3.05) is 0 Å². The number of aliphatic hydroxyl groups excluding tert-OH is 1. The molecule has 2 N–H and O–H groups in total. The first-order chi connectivity index (χ1) is 16.2. The smallest absolute Gasteiger partial charge is 0.309 e. The number of fused-ring (bicyclic) bond motifs is 7. The summed E-state index contributed by atoms with van der Waals surface area (Å²) in [6.45, 7) is 16.3. The average Bonchev–Trinajstić information content (AvgIpc) is 3.18. The molecule has 196 valence electrons. The van der Waals surface area contributed by atoms with E-state index in [1.54, 1.807) is 0 Å². The summed E-state index contributed by atoms with van der Waals surface area (Å²) < 4.78 is 0. The van der Waals surface area contributed by atoms with Crippen LogP contribution in [-0.4, -0.2) is 22.0 Å². The largest absolute Gasteiger partial charge is 0.515 e. The lowest BCUT2D eigenvalue weighted by molar-refractivity contribution is -0.234. The minimum atomic E-state index is -0.541. The minimum Gasteiger partial charge on any atom is -0.515 e. The fourth-order valence-electron chi connectivity index (χ4n) is 11.7. The topological polar surface area (TPSA) is 74.6 Å². The van der Waals surface area contributed by atoms with Crippen molar-refractivity contribution in [3.8, 4) is 0 Å². The number of carboxylic acid groups (broad SMARTS) is 1. The number of hydrogen-bond acceptors (Lipinski definition) is 3. The van der Waals surface area contributed by atoms with Crippen LogP contribution in [0, 0.1) is 62.6 Å². The lowest BCUT2D eigenvalue weighted by Gasteiger charge is -2.72. The molecule has 0 spiro atoms. The first kappa shape index (κ1) is 25.3. The number of Topliss-reactive ketones (excluding diaryl/α,β-unsaturated/α-hetero) is 1. The Morgan fingerprint density at radius 1 is 0.914 bits per heavy atom. The highest BCUT2D eigenvalue weighted by Crippen LogP contribution is 2.77. The number of aliphatic hydroxyl groups is 1. The second kappa shape index (κ2) is 7.60. The Bertz CT molecular complexity index is 963. The Balaban J connectivity index is 1.59. The van der Waals surface area contributed by atoms with E-state index < -0.39 is 16.8 Å². The van der Waals surface area contributed by atoms with E-state index in [9.17, 15) is 19.8 Å². The molecule has 0 aromatic carbocycles. The molecule has 0 unspecified atom stereocenters. The first-order valence-electron chi connectivity index (χ1n) is 14.3. The molecule has 0 amide bonds. The number of rotatable bonds is 2. The monoisotopic (exact) mass is 484 g/mol. The molecule has 5 aliphatic rings. The van der Waals surface area contributed by atoms with Crippen molar-refractivity contribution in [1.29, 1.82) is 0 Å². The summed E-state index contributed by atoms with van der Waals surface area (Å²) in [5, 5.41) is 20.6. The van der Waals surface area contributed by atoms with Crippen LogP contribution in [0.4, 0.5) is 0 Å².